The number of rotatable bonds is 17. The van der Waals surface area contributed by atoms with Crippen LogP contribution < -0.4 is 0 Å². The molecular weight excluding hydrogens is 686 g/mol. The first kappa shape index (κ1) is 30.9. The highest BCUT2D eigenvalue weighted by Crippen LogP contribution is 2.58. The molecule has 3 nitrogen and oxygen atoms in total. The number of carbonyl (C=O) groups is 1. The fraction of sp³-hybridized carbons (Fsp3) is 0.594. The number of thiophene rings is 3. The third-order valence-corrected chi connectivity index (χ3v) is 13.0. The number of hydrogen-bond acceptors (Lipinski definition) is 5. The van der Waals surface area contributed by atoms with Crippen LogP contribution in [0.2, 0.25) is 0 Å². The molecule has 5 rings (SSSR count). The van der Waals surface area contributed by atoms with Crippen LogP contribution in [-0.2, 0) is 4.74 Å². The van der Waals surface area contributed by atoms with Gasteiger partial charge in [-0.25, -0.2) is 0 Å². The van der Waals surface area contributed by atoms with Crippen LogP contribution in [0.15, 0.2) is 31.8 Å². The van der Waals surface area contributed by atoms with E-state index in [1.807, 2.05) is 0 Å². The maximum Gasteiger partial charge on any atom is 0.258 e. The first-order valence-electron chi connectivity index (χ1n) is 15.2. The standard InChI is InChI=1S/C32H41Br2NO2S3/c1-3-5-7-9-11-13-15-21(16-14-12-10-8-6-4-2)35-31(36)27-26(28-32(35)37-28)29(22-17-19-24(33)38-22)40-30(27)23-18-20-25(34)39-23/h17-21,28,32H,3-16H2,1-2H3. The number of hydrogen-bond donors (Lipinski definition) is 0. The van der Waals surface area contributed by atoms with E-state index in [-0.39, 0.29) is 24.3 Å². The van der Waals surface area contributed by atoms with Gasteiger partial charge >= 0.3 is 0 Å². The van der Waals surface area contributed by atoms with Crippen molar-refractivity contribution in [3.8, 4) is 19.5 Å². The van der Waals surface area contributed by atoms with Crippen LogP contribution in [0.25, 0.3) is 19.5 Å². The second-order valence-electron chi connectivity index (χ2n) is 11.2. The lowest BCUT2D eigenvalue weighted by Crippen LogP contribution is -2.45. The van der Waals surface area contributed by atoms with Gasteiger partial charge in [0.2, 0.25) is 0 Å². The minimum atomic E-state index is -0.107. The summed E-state index contributed by atoms with van der Waals surface area (Å²) in [5.74, 6) is 0.188. The molecule has 218 valence electrons. The van der Waals surface area contributed by atoms with Crippen molar-refractivity contribution in [1.82, 2.24) is 4.90 Å². The van der Waals surface area contributed by atoms with Gasteiger partial charge < -0.3 is 9.64 Å². The summed E-state index contributed by atoms with van der Waals surface area (Å²) in [6, 6.07) is 8.77. The molecule has 0 saturated carbocycles. The Kier molecular flexibility index (Phi) is 11.4. The Balaban J connectivity index is 1.41. The van der Waals surface area contributed by atoms with Crippen LogP contribution in [0.4, 0.5) is 0 Å². The van der Waals surface area contributed by atoms with Crippen molar-refractivity contribution in [3.63, 3.8) is 0 Å². The number of fused-ring (bicyclic) bond motifs is 3. The molecule has 3 aromatic rings. The summed E-state index contributed by atoms with van der Waals surface area (Å²) in [7, 11) is 0. The molecule has 3 aromatic heterocycles. The van der Waals surface area contributed by atoms with Crippen LogP contribution in [0.1, 0.15) is 126 Å². The van der Waals surface area contributed by atoms with E-state index >= 15 is 0 Å². The van der Waals surface area contributed by atoms with E-state index in [1.165, 1.54) is 86.8 Å². The first-order valence-corrected chi connectivity index (χ1v) is 19.2. The Morgan fingerprint density at radius 1 is 0.750 bits per heavy atom. The van der Waals surface area contributed by atoms with E-state index < -0.39 is 0 Å². The van der Waals surface area contributed by atoms with Crippen LogP contribution >= 0.6 is 65.9 Å². The molecule has 1 fully saturated rings. The number of epoxide rings is 1. The van der Waals surface area contributed by atoms with Crippen LogP contribution in [-0.4, -0.2) is 23.1 Å². The molecule has 5 heterocycles. The molecule has 0 spiro atoms. The number of amides is 1. The summed E-state index contributed by atoms with van der Waals surface area (Å²) in [5, 5.41) is 0. The molecule has 0 aromatic carbocycles. The van der Waals surface area contributed by atoms with E-state index in [9.17, 15) is 4.79 Å². The van der Waals surface area contributed by atoms with Crippen LogP contribution in [0.5, 0.6) is 0 Å². The van der Waals surface area contributed by atoms with E-state index in [0.29, 0.717) is 0 Å². The highest BCUT2D eigenvalue weighted by atomic mass is 79.9. The summed E-state index contributed by atoms with van der Waals surface area (Å²) < 4.78 is 8.61. The average molecular weight is 728 g/mol. The minimum absolute atomic E-state index is 0.00594. The van der Waals surface area contributed by atoms with Gasteiger partial charge in [0, 0.05) is 21.4 Å². The van der Waals surface area contributed by atoms with Crippen molar-refractivity contribution in [2.24, 2.45) is 0 Å². The van der Waals surface area contributed by atoms with Crippen molar-refractivity contribution in [3.05, 3.63) is 43.0 Å². The molecule has 2 atom stereocenters. The largest absolute Gasteiger partial charge is 0.342 e. The second kappa shape index (κ2) is 14.8. The Bertz CT molecular complexity index is 1250. The molecule has 2 aliphatic heterocycles. The Morgan fingerprint density at radius 2 is 1.27 bits per heavy atom. The van der Waals surface area contributed by atoms with Gasteiger partial charge in [-0.15, -0.1) is 34.0 Å². The lowest BCUT2D eigenvalue weighted by Gasteiger charge is -2.33. The molecule has 1 saturated heterocycles. The zero-order valence-electron chi connectivity index (χ0n) is 23.7. The number of carbonyl (C=O) groups excluding carboxylic acids is 1. The van der Waals surface area contributed by atoms with E-state index in [1.54, 1.807) is 34.0 Å². The molecule has 0 bridgehead atoms. The zero-order valence-corrected chi connectivity index (χ0v) is 29.3. The molecule has 0 aliphatic carbocycles. The van der Waals surface area contributed by atoms with E-state index in [2.05, 4.69) is 74.9 Å². The molecule has 0 radical (unpaired) electrons. The fourth-order valence-electron chi connectivity index (χ4n) is 6.05. The summed E-state index contributed by atoms with van der Waals surface area (Å²) in [6.07, 6.45) is 17.5. The Morgan fingerprint density at radius 3 is 1.80 bits per heavy atom. The van der Waals surface area contributed by atoms with Gasteiger partial charge in [-0.3, -0.25) is 4.79 Å². The number of nitrogens with zero attached hydrogens (tertiary/aromatic N) is 1. The zero-order chi connectivity index (χ0) is 28.1. The summed E-state index contributed by atoms with van der Waals surface area (Å²) in [4.78, 5) is 21.4. The number of halogens is 2. The lowest BCUT2D eigenvalue weighted by atomic mass is 9.93. The maximum absolute atomic E-state index is 14.5. The highest BCUT2D eigenvalue weighted by molar-refractivity contribution is 9.11. The first-order chi connectivity index (χ1) is 19.5. The monoisotopic (exact) mass is 725 g/mol. The van der Waals surface area contributed by atoms with Gasteiger partial charge in [-0.1, -0.05) is 90.9 Å². The molecule has 40 heavy (non-hydrogen) atoms. The van der Waals surface area contributed by atoms with Gasteiger partial charge in [0.15, 0.2) is 6.23 Å². The summed E-state index contributed by atoms with van der Waals surface area (Å²) in [6.45, 7) is 4.55. The number of ether oxygens (including phenoxy) is 1. The van der Waals surface area contributed by atoms with E-state index in [0.717, 1.165) is 41.3 Å². The topological polar surface area (TPSA) is 32.8 Å². The quantitative estimate of drug-likeness (QED) is 0.102. The SMILES string of the molecule is CCCCCCCCC(CCCCCCCC)N1C(=O)c2c(-c3ccc(Br)s3)sc(-c3ccc(Br)s3)c2C2OC21. The Hall–Kier alpha value is -0.510. The normalized spacial score (nSPS) is 18.0. The average Bonchev–Trinajstić information content (AvgIpc) is 3.24. The summed E-state index contributed by atoms with van der Waals surface area (Å²) >= 11 is 12.5. The van der Waals surface area contributed by atoms with Crippen molar-refractivity contribution >= 4 is 71.8 Å². The second-order valence-corrected chi connectivity index (χ2v) is 17.1. The third-order valence-electron chi connectivity index (χ3n) is 8.19. The van der Waals surface area contributed by atoms with Crippen molar-refractivity contribution < 1.29 is 9.53 Å². The molecule has 8 heteroatoms. The molecule has 2 unspecified atom stereocenters. The molecule has 0 N–H and O–H groups in total. The van der Waals surface area contributed by atoms with Crippen LogP contribution in [0.3, 0.4) is 0 Å². The summed E-state index contributed by atoms with van der Waals surface area (Å²) in [5.41, 5.74) is 2.02. The van der Waals surface area contributed by atoms with Crippen molar-refractivity contribution in [1.29, 1.82) is 0 Å². The van der Waals surface area contributed by atoms with E-state index in [4.69, 9.17) is 4.74 Å². The van der Waals surface area contributed by atoms with Gasteiger partial charge in [0.05, 0.1) is 22.9 Å². The van der Waals surface area contributed by atoms with Gasteiger partial charge in [-0.2, -0.15) is 0 Å². The van der Waals surface area contributed by atoms with Crippen molar-refractivity contribution in [2.75, 3.05) is 0 Å². The van der Waals surface area contributed by atoms with Crippen molar-refractivity contribution in [2.45, 2.75) is 122 Å². The smallest absolute Gasteiger partial charge is 0.258 e. The predicted octanol–water partition coefficient (Wildman–Crippen LogP) is 12.5. The third kappa shape index (κ3) is 7.16. The Labute approximate surface area is 269 Å². The molecule has 2 aliphatic rings. The van der Waals surface area contributed by atoms with Crippen LogP contribution in [0, 0.1) is 0 Å². The fourth-order valence-corrected chi connectivity index (χ4v) is 10.4. The number of unbranched alkanes of at least 4 members (excludes halogenated alkanes) is 10. The molecular formula is C32H41Br2NO2S3. The van der Waals surface area contributed by atoms with Gasteiger partial charge in [0.1, 0.15) is 6.10 Å². The predicted molar refractivity (Wildman–Crippen MR) is 180 cm³/mol. The highest BCUT2D eigenvalue weighted by Gasteiger charge is 2.57. The minimum Gasteiger partial charge on any atom is -0.342 e. The van der Waals surface area contributed by atoms with Gasteiger partial charge in [-0.05, 0) is 69.0 Å². The lowest BCUT2D eigenvalue weighted by molar-refractivity contribution is 0.0523. The maximum atomic E-state index is 14.5. The van der Waals surface area contributed by atoms with Gasteiger partial charge in [0.25, 0.3) is 5.91 Å². The molecule has 1 amide bonds.